The van der Waals surface area contributed by atoms with E-state index < -0.39 is 0 Å². The van der Waals surface area contributed by atoms with Gasteiger partial charge in [0.05, 0.1) is 6.10 Å². The molecule has 1 fully saturated rings. The van der Waals surface area contributed by atoms with Crippen molar-refractivity contribution >= 4 is 15.9 Å². The summed E-state index contributed by atoms with van der Waals surface area (Å²) < 4.78 is 6.84. The average Bonchev–Trinajstić information content (AvgIpc) is 2.70. The first kappa shape index (κ1) is 12.9. The van der Waals surface area contributed by atoms with E-state index in [9.17, 15) is 5.11 Å². The van der Waals surface area contributed by atoms with Crippen molar-refractivity contribution in [3.8, 4) is 5.75 Å². The number of hydrogen-bond donors (Lipinski definition) is 1. The maximum atomic E-state index is 9.41. The van der Waals surface area contributed by atoms with E-state index in [4.69, 9.17) is 4.74 Å². The third-order valence-corrected chi connectivity index (χ3v) is 3.99. The Morgan fingerprint density at radius 2 is 2.35 bits per heavy atom. The standard InChI is InChI=1S/C13H18BrNO2/c1-10-12(14)3-2-4-13(10)17-8-7-15-6-5-11(16)9-15/h2-4,11,16H,5-9H2,1H3/t11-/m0/s1. The summed E-state index contributed by atoms with van der Waals surface area (Å²) >= 11 is 3.49. The first-order chi connectivity index (χ1) is 8.16. The molecule has 1 aromatic rings. The van der Waals surface area contributed by atoms with Crippen LogP contribution in [0.3, 0.4) is 0 Å². The Kier molecular flexibility index (Phi) is 4.42. The van der Waals surface area contributed by atoms with E-state index in [1.165, 1.54) is 0 Å². The van der Waals surface area contributed by atoms with Crippen LogP contribution in [-0.4, -0.2) is 42.4 Å². The van der Waals surface area contributed by atoms with Crippen molar-refractivity contribution in [1.82, 2.24) is 4.90 Å². The summed E-state index contributed by atoms with van der Waals surface area (Å²) in [5, 5.41) is 9.41. The van der Waals surface area contributed by atoms with Crippen molar-refractivity contribution in [2.24, 2.45) is 0 Å². The van der Waals surface area contributed by atoms with E-state index in [1.54, 1.807) is 0 Å². The Morgan fingerprint density at radius 1 is 1.53 bits per heavy atom. The lowest BCUT2D eigenvalue weighted by Crippen LogP contribution is -2.27. The Hall–Kier alpha value is -0.580. The maximum Gasteiger partial charge on any atom is 0.123 e. The molecule has 0 amide bonds. The first-order valence-electron chi connectivity index (χ1n) is 5.95. The van der Waals surface area contributed by atoms with E-state index in [0.717, 1.165) is 41.8 Å². The van der Waals surface area contributed by atoms with E-state index in [0.29, 0.717) is 6.61 Å². The van der Waals surface area contributed by atoms with Crippen LogP contribution in [0.15, 0.2) is 22.7 Å². The predicted molar refractivity (Wildman–Crippen MR) is 71.4 cm³/mol. The third-order valence-electron chi connectivity index (χ3n) is 3.13. The summed E-state index contributed by atoms with van der Waals surface area (Å²) in [7, 11) is 0. The monoisotopic (exact) mass is 299 g/mol. The van der Waals surface area contributed by atoms with Crippen LogP contribution in [0.2, 0.25) is 0 Å². The van der Waals surface area contributed by atoms with E-state index in [1.807, 2.05) is 25.1 Å². The van der Waals surface area contributed by atoms with Gasteiger partial charge in [-0.25, -0.2) is 0 Å². The zero-order chi connectivity index (χ0) is 12.3. The zero-order valence-corrected chi connectivity index (χ0v) is 11.6. The van der Waals surface area contributed by atoms with Crippen LogP contribution < -0.4 is 4.74 Å². The highest BCUT2D eigenvalue weighted by molar-refractivity contribution is 9.10. The molecule has 0 aliphatic carbocycles. The fourth-order valence-corrected chi connectivity index (χ4v) is 2.39. The van der Waals surface area contributed by atoms with Crippen LogP contribution in [-0.2, 0) is 0 Å². The molecule has 0 bridgehead atoms. The Labute approximate surface area is 111 Å². The van der Waals surface area contributed by atoms with Crippen LogP contribution in [0.5, 0.6) is 5.75 Å². The topological polar surface area (TPSA) is 32.7 Å². The smallest absolute Gasteiger partial charge is 0.123 e. The molecule has 17 heavy (non-hydrogen) atoms. The minimum atomic E-state index is -0.150. The van der Waals surface area contributed by atoms with Crippen molar-refractivity contribution in [1.29, 1.82) is 0 Å². The second-order valence-electron chi connectivity index (χ2n) is 4.45. The molecule has 0 unspecified atom stereocenters. The fraction of sp³-hybridized carbons (Fsp3) is 0.538. The molecule has 0 spiro atoms. The Morgan fingerprint density at radius 3 is 3.06 bits per heavy atom. The predicted octanol–water partition coefficient (Wildman–Crippen LogP) is 2.20. The number of aliphatic hydroxyl groups excluding tert-OH is 1. The van der Waals surface area contributed by atoms with Gasteiger partial charge in [0.25, 0.3) is 0 Å². The molecule has 0 saturated carbocycles. The average molecular weight is 300 g/mol. The Balaban J connectivity index is 1.80. The molecule has 1 atom stereocenters. The van der Waals surface area contributed by atoms with Gasteiger partial charge >= 0.3 is 0 Å². The van der Waals surface area contributed by atoms with Gasteiger partial charge in [0, 0.05) is 29.7 Å². The minimum Gasteiger partial charge on any atom is -0.492 e. The second kappa shape index (κ2) is 5.85. The second-order valence-corrected chi connectivity index (χ2v) is 5.31. The number of hydrogen-bond acceptors (Lipinski definition) is 3. The molecule has 1 aliphatic heterocycles. The highest BCUT2D eigenvalue weighted by atomic mass is 79.9. The maximum absolute atomic E-state index is 9.41. The molecule has 2 rings (SSSR count). The number of rotatable bonds is 4. The lowest BCUT2D eigenvalue weighted by Gasteiger charge is -2.16. The molecule has 0 aromatic heterocycles. The van der Waals surface area contributed by atoms with Crippen molar-refractivity contribution in [3.05, 3.63) is 28.2 Å². The van der Waals surface area contributed by atoms with E-state index >= 15 is 0 Å². The lowest BCUT2D eigenvalue weighted by molar-refractivity contribution is 0.167. The van der Waals surface area contributed by atoms with Crippen LogP contribution in [0, 0.1) is 6.92 Å². The van der Waals surface area contributed by atoms with Crippen molar-refractivity contribution < 1.29 is 9.84 Å². The number of benzene rings is 1. The van der Waals surface area contributed by atoms with E-state index in [2.05, 4.69) is 20.8 Å². The summed E-state index contributed by atoms with van der Waals surface area (Å²) in [6.45, 7) is 5.34. The van der Waals surface area contributed by atoms with Gasteiger partial charge in [0.2, 0.25) is 0 Å². The molecule has 4 heteroatoms. The fourth-order valence-electron chi connectivity index (χ4n) is 2.04. The molecule has 1 N–H and O–H groups in total. The zero-order valence-electron chi connectivity index (χ0n) is 10.0. The van der Waals surface area contributed by atoms with Gasteiger partial charge in [0.1, 0.15) is 12.4 Å². The summed E-state index contributed by atoms with van der Waals surface area (Å²) in [6.07, 6.45) is 0.734. The van der Waals surface area contributed by atoms with Crippen molar-refractivity contribution in [2.45, 2.75) is 19.4 Å². The van der Waals surface area contributed by atoms with Crippen LogP contribution in [0.25, 0.3) is 0 Å². The van der Waals surface area contributed by atoms with Gasteiger partial charge in [0.15, 0.2) is 0 Å². The molecule has 1 saturated heterocycles. The highest BCUT2D eigenvalue weighted by Crippen LogP contribution is 2.25. The van der Waals surface area contributed by atoms with Gasteiger partial charge in [-0.3, -0.25) is 4.90 Å². The van der Waals surface area contributed by atoms with Gasteiger partial charge in [-0.05, 0) is 25.5 Å². The molecule has 0 radical (unpaired) electrons. The molecule has 1 aromatic carbocycles. The van der Waals surface area contributed by atoms with Crippen molar-refractivity contribution in [2.75, 3.05) is 26.2 Å². The summed E-state index contributed by atoms with van der Waals surface area (Å²) in [5.74, 6) is 0.930. The molecular formula is C13H18BrNO2. The molecule has 3 nitrogen and oxygen atoms in total. The number of halogens is 1. The van der Waals surface area contributed by atoms with Gasteiger partial charge in [-0.1, -0.05) is 22.0 Å². The van der Waals surface area contributed by atoms with Gasteiger partial charge < -0.3 is 9.84 Å². The quantitative estimate of drug-likeness (QED) is 0.925. The number of β-amino-alcohol motifs (C(OH)–C–C–N with tert-alkyl or cyclic N) is 1. The van der Waals surface area contributed by atoms with E-state index in [-0.39, 0.29) is 6.10 Å². The number of likely N-dealkylation sites (tertiary alicyclic amines) is 1. The molecular weight excluding hydrogens is 282 g/mol. The van der Waals surface area contributed by atoms with Crippen LogP contribution >= 0.6 is 15.9 Å². The summed E-state index contributed by atoms with van der Waals surface area (Å²) in [6, 6.07) is 5.98. The SMILES string of the molecule is Cc1c(Br)cccc1OCCN1CC[C@H](O)C1. The highest BCUT2D eigenvalue weighted by Gasteiger charge is 2.19. The summed E-state index contributed by atoms with van der Waals surface area (Å²) in [4.78, 5) is 2.23. The van der Waals surface area contributed by atoms with Crippen LogP contribution in [0.4, 0.5) is 0 Å². The third kappa shape index (κ3) is 3.44. The summed E-state index contributed by atoms with van der Waals surface area (Å²) in [5.41, 5.74) is 1.13. The van der Waals surface area contributed by atoms with Gasteiger partial charge in [-0.15, -0.1) is 0 Å². The normalized spacial score (nSPS) is 20.8. The number of nitrogens with zero attached hydrogens (tertiary/aromatic N) is 1. The van der Waals surface area contributed by atoms with Crippen molar-refractivity contribution in [3.63, 3.8) is 0 Å². The molecule has 1 aliphatic rings. The van der Waals surface area contributed by atoms with Gasteiger partial charge in [-0.2, -0.15) is 0 Å². The Bertz CT molecular complexity index is 384. The molecule has 1 heterocycles. The lowest BCUT2D eigenvalue weighted by atomic mass is 10.2. The van der Waals surface area contributed by atoms with Crippen LogP contribution in [0.1, 0.15) is 12.0 Å². The number of ether oxygens (including phenoxy) is 1. The largest absolute Gasteiger partial charge is 0.492 e. The first-order valence-corrected chi connectivity index (χ1v) is 6.74. The minimum absolute atomic E-state index is 0.150. The number of aliphatic hydroxyl groups is 1. The molecule has 94 valence electrons.